The van der Waals surface area contributed by atoms with E-state index >= 15 is 0 Å². The van der Waals surface area contributed by atoms with Crippen molar-refractivity contribution < 1.29 is 29.3 Å². The molecule has 0 radical (unpaired) electrons. The molecule has 0 aromatic carbocycles. The number of unbranched alkanes of at least 4 members (excludes halogenated alkanes) is 1. The number of likely N-dealkylation sites (N-methyl/N-ethyl adjacent to an activating group) is 2. The first-order valence-corrected chi connectivity index (χ1v) is 10.5. The number of hydrogen-bond acceptors (Lipinski definition) is 8. The smallest absolute Gasteiger partial charge is 0.305 e. The minimum Gasteiger partial charge on any atom is -0.463 e. The van der Waals surface area contributed by atoms with Crippen molar-refractivity contribution in [2.45, 2.75) is 65.6 Å². The number of ether oxygens (including phenoxy) is 2. The van der Waals surface area contributed by atoms with Crippen LogP contribution in [0.5, 0.6) is 0 Å². The van der Waals surface area contributed by atoms with Gasteiger partial charge in [-0.3, -0.25) is 9.59 Å². The van der Waals surface area contributed by atoms with Crippen LogP contribution in [0.2, 0.25) is 0 Å². The molecule has 2 atom stereocenters. The molecule has 0 spiro atoms. The van der Waals surface area contributed by atoms with Gasteiger partial charge in [-0.1, -0.05) is 27.7 Å². The molecule has 0 aliphatic heterocycles. The average molecular weight is 405 g/mol. The van der Waals surface area contributed by atoms with Crippen LogP contribution in [-0.2, 0) is 19.1 Å². The number of carbonyl (C=O) groups excluding carboxylic acids is 2. The quantitative estimate of drug-likeness (QED) is 0.274. The summed E-state index contributed by atoms with van der Waals surface area (Å²) in [5, 5.41) is 19.7. The van der Waals surface area contributed by atoms with E-state index in [0.717, 1.165) is 26.2 Å². The van der Waals surface area contributed by atoms with Gasteiger partial charge in [-0.2, -0.15) is 0 Å². The Kier molecular flexibility index (Phi) is 16.0. The molecule has 0 aliphatic rings. The van der Waals surface area contributed by atoms with E-state index in [1.807, 2.05) is 27.7 Å². The van der Waals surface area contributed by atoms with Gasteiger partial charge in [-0.15, -0.1) is 0 Å². The Morgan fingerprint density at radius 2 is 1.04 bits per heavy atom. The maximum absolute atomic E-state index is 11.7. The highest BCUT2D eigenvalue weighted by molar-refractivity contribution is 5.70. The summed E-state index contributed by atoms with van der Waals surface area (Å²) in [5.74, 6) is -0.747. The van der Waals surface area contributed by atoms with E-state index in [9.17, 15) is 19.8 Å². The van der Waals surface area contributed by atoms with Gasteiger partial charge in [-0.25, -0.2) is 0 Å². The molecule has 0 rings (SSSR count). The first-order chi connectivity index (χ1) is 13.4. The summed E-state index contributed by atoms with van der Waals surface area (Å²) >= 11 is 0. The van der Waals surface area contributed by atoms with Gasteiger partial charge in [0.2, 0.25) is 0 Å². The number of aliphatic hydroxyl groups is 2. The normalized spacial score (nSPS) is 13.6. The fourth-order valence-electron chi connectivity index (χ4n) is 2.73. The van der Waals surface area contributed by atoms with Gasteiger partial charge in [0.15, 0.2) is 0 Å². The molecule has 0 fully saturated rings. The molecule has 2 unspecified atom stereocenters. The van der Waals surface area contributed by atoms with Gasteiger partial charge in [-0.05, 0) is 39.0 Å². The van der Waals surface area contributed by atoms with Crippen molar-refractivity contribution >= 4 is 11.9 Å². The second-order valence-electron chi connectivity index (χ2n) is 6.85. The van der Waals surface area contributed by atoms with Crippen molar-refractivity contribution in [3.05, 3.63) is 0 Å². The highest BCUT2D eigenvalue weighted by atomic mass is 16.5. The highest BCUT2D eigenvalue weighted by Crippen LogP contribution is 2.04. The number of rotatable bonds is 17. The summed E-state index contributed by atoms with van der Waals surface area (Å²) in [6.07, 6.45) is 0.0544. The van der Waals surface area contributed by atoms with Gasteiger partial charge in [0, 0.05) is 25.9 Å². The van der Waals surface area contributed by atoms with E-state index < -0.39 is 12.2 Å². The van der Waals surface area contributed by atoms with Gasteiger partial charge in [0.1, 0.15) is 25.4 Å². The van der Waals surface area contributed by atoms with E-state index in [2.05, 4.69) is 9.80 Å². The summed E-state index contributed by atoms with van der Waals surface area (Å²) in [4.78, 5) is 27.5. The lowest BCUT2D eigenvalue weighted by Gasteiger charge is -2.21. The minimum atomic E-state index is -0.693. The molecule has 8 nitrogen and oxygen atoms in total. The van der Waals surface area contributed by atoms with Crippen LogP contribution < -0.4 is 0 Å². The molecule has 0 aromatic heterocycles. The predicted octanol–water partition coefficient (Wildman–Crippen LogP) is 1.04. The Morgan fingerprint density at radius 3 is 1.32 bits per heavy atom. The Bertz CT molecular complexity index is 376. The molecule has 8 heteroatoms. The van der Waals surface area contributed by atoms with Gasteiger partial charge < -0.3 is 29.5 Å². The van der Waals surface area contributed by atoms with Crippen molar-refractivity contribution in [1.29, 1.82) is 0 Å². The van der Waals surface area contributed by atoms with Crippen molar-refractivity contribution in [1.82, 2.24) is 9.80 Å². The fourth-order valence-corrected chi connectivity index (χ4v) is 2.73. The second kappa shape index (κ2) is 16.7. The lowest BCUT2D eigenvalue weighted by Crippen LogP contribution is -2.35. The molecular formula is C20H40N2O6. The SMILES string of the molecule is CCN(CC)CC(O)COC(=O)CCCCC(=O)OCC(O)CN(CC)CC. The van der Waals surface area contributed by atoms with E-state index in [1.54, 1.807) is 0 Å². The van der Waals surface area contributed by atoms with Gasteiger partial charge in [0.05, 0.1) is 0 Å². The summed E-state index contributed by atoms with van der Waals surface area (Å²) in [6, 6.07) is 0. The maximum Gasteiger partial charge on any atom is 0.305 e. The molecule has 0 bridgehead atoms. The number of carbonyl (C=O) groups is 2. The van der Waals surface area contributed by atoms with Crippen LogP contribution in [0.3, 0.4) is 0 Å². The van der Waals surface area contributed by atoms with E-state index in [1.165, 1.54) is 0 Å². The van der Waals surface area contributed by atoms with E-state index in [-0.39, 0.29) is 38.0 Å². The summed E-state index contributed by atoms with van der Waals surface area (Å²) < 4.78 is 10.1. The highest BCUT2D eigenvalue weighted by Gasteiger charge is 2.14. The first-order valence-electron chi connectivity index (χ1n) is 10.5. The standard InChI is InChI=1S/C20H40N2O6/c1-5-21(6-2)13-17(23)15-27-19(25)11-9-10-12-20(26)28-16-18(24)14-22(7-3)8-4/h17-18,23-24H,5-16H2,1-4H3. The predicted molar refractivity (Wildman–Crippen MR) is 108 cm³/mol. The molecule has 2 N–H and O–H groups in total. The Labute approximate surface area is 169 Å². The lowest BCUT2D eigenvalue weighted by molar-refractivity contribution is -0.149. The largest absolute Gasteiger partial charge is 0.463 e. The second-order valence-corrected chi connectivity index (χ2v) is 6.85. The third-order valence-corrected chi connectivity index (χ3v) is 4.61. The molecule has 0 amide bonds. The van der Waals surface area contributed by atoms with Crippen LogP contribution in [-0.4, -0.2) is 96.6 Å². The van der Waals surface area contributed by atoms with Crippen molar-refractivity contribution in [2.24, 2.45) is 0 Å². The zero-order valence-electron chi connectivity index (χ0n) is 18.1. The Hall–Kier alpha value is -1.22. The summed E-state index contributed by atoms with van der Waals surface area (Å²) in [6.45, 7) is 12.3. The monoisotopic (exact) mass is 404 g/mol. The third-order valence-electron chi connectivity index (χ3n) is 4.61. The molecule has 0 heterocycles. The molecule has 0 saturated heterocycles. The molecule has 28 heavy (non-hydrogen) atoms. The molecule has 0 aromatic rings. The Balaban J connectivity index is 3.77. The number of esters is 2. The molecular weight excluding hydrogens is 364 g/mol. The van der Waals surface area contributed by atoms with Gasteiger partial charge >= 0.3 is 11.9 Å². The zero-order chi connectivity index (χ0) is 21.4. The molecule has 166 valence electrons. The van der Waals surface area contributed by atoms with Crippen molar-refractivity contribution in [3.63, 3.8) is 0 Å². The number of hydrogen-bond donors (Lipinski definition) is 2. The van der Waals surface area contributed by atoms with Crippen LogP contribution in [0.4, 0.5) is 0 Å². The summed E-state index contributed by atoms with van der Waals surface area (Å²) in [7, 11) is 0. The zero-order valence-corrected chi connectivity index (χ0v) is 18.1. The minimum absolute atomic E-state index is 0.0121. The van der Waals surface area contributed by atoms with Crippen LogP contribution in [0.25, 0.3) is 0 Å². The van der Waals surface area contributed by atoms with Crippen LogP contribution in [0, 0.1) is 0 Å². The van der Waals surface area contributed by atoms with Crippen LogP contribution >= 0.6 is 0 Å². The summed E-state index contributed by atoms with van der Waals surface area (Å²) in [5.41, 5.74) is 0. The Morgan fingerprint density at radius 1 is 0.714 bits per heavy atom. The number of aliphatic hydroxyl groups excluding tert-OH is 2. The maximum atomic E-state index is 11.7. The average Bonchev–Trinajstić information content (AvgIpc) is 2.70. The first kappa shape index (κ1) is 26.8. The molecule has 0 aliphatic carbocycles. The van der Waals surface area contributed by atoms with Crippen LogP contribution in [0.15, 0.2) is 0 Å². The van der Waals surface area contributed by atoms with Crippen LogP contribution in [0.1, 0.15) is 53.4 Å². The lowest BCUT2D eigenvalue weighted by atomic mass is 10.2. The molecule has 0 saturated carbocycles. The fraction of sp³-hybridized carbons (Fsp3) is 0.900. The number of nitrogens with zero attached hydrogens (tertiary/aromatic N) is 2. The van der Waals surface area contributed by atoms with Gasteiger partial charge in [0.25, 0.3) is 0 Å². The van der Waals surface area contributed by atoms with E-state index in [0.29, 0.717) is 25.9 Å². The third kappa shape index (κ3) is 13.9. The van der Waals surface area contributed by atoms with Crippen molar-refractivity contribution in [2.75, 3.05) is 52.5 Å². The van der Waals surface area contributed by atoms with Crippen molar-refractivity contribution in [3.8, 4) is 0 Å². The van der Waals surface area contributed by atoms with E-state index in [4.69, 9.17) is 9.47 Å². The topological polar surface area (TPSA) is 99.5 Å².